The van der Waals surface area contributed by atoms with Crippen LogP contribution in [0.3, 0.4) is 0 Å². The number of hydrogen-bond donors (Lipinski definition) is 1. The monoisotopic (exact) mass is 297 g/mol. The van der Waals surface area contributed by atoms with Gasteiger partial charge in [-0.2, -0.15) is 0 Å². The molecule has 0 atom stereocenters. The Kier molecular flexibility index (Phi) is 4.77. The molecule has 5 nitrogen and oxygen atoms in total. The standard InChI is InChI=1S/C14H19NO4S/c16-14(17)6-3-11-20(18,19)15-9-7-12-4-1-2-5-13(12)8-10-15/h1-2,4-5H,3,6-11H2,(H,16,17). The lowest BCUT2D eigenvalue weighted by Gasteiger charge is -2.19. The maximum atomic E-state index is 12.2. The summed E-state index contributed by atoms with van der Waals surface area (Å²) in [6.45, 7) is 0.957. The summed E-state index contributed by atoms with van der Waals surface area (Å²) in [5, 5.41) is 8.58. The third-order valence-electron chi connectivity index (χ3n) is 3.57. The number of fused-ring (bicyclic) bond motifs is 1. The van der Waals surface area contributed by atoms with E-state index in [1.54, 1.807) is 0 Å². The lowest BCUT2D eigenvalue weighted by atomic mass is 10.0. The average Bonchev–Trinajstić information content (AvgIpc) is 2.60. The van der Waals surface area contributed by atoms with Crippen molar-refractivity contribution in [1.82, 2.24) is 4.31 Å². The topological polar surface area (TPSA) is 74.7 Å². The normalized spacial score (nSPS) is 16.4. The number of rotatable bonds is 5. The molecule has 0 spiro atoms. The van der Waals surface area contributed by atoms with Crippen LogP contribution in [0.25, 0.3) is 0 Å². The molecule has 0 bridgehead atoms. The lowest BCUT2D eigenvalue weighted by Crippen LogP contribution is -2.35. The van der Waals surface area contributed by atoms with Crippen molar-refractivity contribution in [3.8, 4) is 0 Å². The fourth-order valence-corrected chi connectivity index (χ4v) is 3.97. The van der Waals surface area contributed by atoms with Crippen LogP contribution < -0.4 is 0 Å². The van der Waals surface area contributed by atoms with Crippen molar-refractivity contribution in [3.63, 3.8) is 0 Å². The van der Waals surface area contributed by atoms with Crippen molar-refractivity contribution in [3.05, 3.63) is 35.4 Å². The summed E-state index contributed by atoms with van der Waals surface area (Å²) in [6.07, 6.45) is 1.50. The van der Waals surface area contributed by atoms with Crippen molar-refractivity contribution in [2.24, 2.45) is 0 Å². The van der Waals surface area contributed by atoms with E-state index in [1.807, 2.05) is 24.3 Å². The minimum absolute atomic E-state index is 0.0877. The van der Waals surface area contributed by atoms with Crippen LogP contribution in [0, 0.1) is 0 Å². The highest BCUT2D eigenvalue weighted by molar-refractivity contribution is 7.89. The molecule has 0 aliphatic carbocycles. The molecule has 0 aromatic heterocycles. The zero-order valence-electron chi connectivity index (χ0n) is 11.3. The Morgan fingerprint density at radius 3 is 2.20 bits per heavy atom. The van der Waals surface area contributed by atoms with Gasteiger partial charge in [-0.25, -0.2) is 12.7 Å². The van der Waals surface area contributed by atoms with E-state index in [9.17, 15) is 13.2 Å². The first kappa shape index (κ1) is 15.0. The second-order valence-electron chi connectivity index (χ2n) is 4.98. The quantitative estimate of drug-likeness (QED) is 0.888. The molecule has 20 heavy (non-hydrogen) atoms. The van der Waals surface area contributed by atoms with Gasteiger partial charge in [0.05, 0.1) is 5.75 Å². The lowest BCUT2D eigenvalue weighted by molar-refractivity contribution is -0.137. The highest BCUT2D eigenvalue weighted by Crippen LogP contribution is 2.18. The summed E-state index contributed by atoms with van der Waals surface area (Å²) in [5.41, 5.74) is 2.41. The summed E-state index contributed by atoms with van der Waals surface area (Å²) >= 11 is 0. The van der Waals surface area contributed by atoms with Crippen LogP contribution in [0.2, 0.25) is 0 Å². The molecule has 2 rings (SSSR count). The Morgan fingerprint density at radius 1 is 1.15 bits per heavy atom. The van der Waals surface area contributed by atoms with Crippen LogP contribution in [0.5, 0.6) is 0 Å². The van der Waals surface area contributed by atoms with Crippen molar-refractivity contribution < 1.29 is 18.3 Å². The number of benzene rings is 1. The number of hydrogen-bond acceptors (Lipinski definition) is 3. The molecule has 1 N–H and O–H groups in total. The zero-order valence-corrected chi connectivity index (χ0v) is 12.1. The van der Waals surface area contributed by atoms with Crippen LogP contribution in [-0.4, -0.2) is 42.6 Å². The van der Waals surface area contributed by atoms with Gasteiger partial charge in [-0.05, 0) is 30.4 Å². The van der Waals surface area contributed by atoms with Gasteiger partial charge in [0.1, 0.15) is 0 Å². The molecule has 1 heterocycles. The summed E-state index contributed by atoms with van der Waals surface area (Å²) < 4.78 is 25.9. The number of carbonyl (C=O) groups is 1. The zero-order chi connectivity index (χ0) is 14.6. The molecule has 0 saturated carbocycles. The highest BCUT2D eigenvalue weighted by atomic mass is 32.2. The maximum Gasteiger partial charge on any atom is 0.303 e. The number of nitrogens with zero attached hydrogens (tertiary/aromatic N) is 1. The summed E-state index contributed by atoms with van der Waals surface area (Å²) in [7, 11) is -3.35. The molecule has 0 saturated heterocycles. The van der Waals surface area contributed by atoms with Crippen molar-refractivity contribution in [1.29, 1.82) is 0 Å². The van der Waals surface area contributed by atoms with Crippen molar-refractivity contribution in [2.75, 3.05) is 18.8 Å². The Morgan fingerprint density at radius 2 is 1.70 bits per heavy atom. The first-order valence-electron chi connectivity index (χ1n) is 6.75. The molecule has 1 aliphatic heterocycles. The van der Waals surface area contributed by atoms with Gasteiger partial charge in [0.2, 0.25) is 10.0 Å². The van der Waals surface area contributed by atoms with Crippen LogP contribution in [0.15, 0.2) is 24.3 Å². The first-order chi connectivity index (χ1) is 9.49. The first-order valence-corrected chi connectivity index (χ1v) is 8.36. The second kappa shape index (κ2) is 6.37. The van der Waals surface area contributed by atoms with Crippen molar-refractivity contribution in [2.45, 2.75) is 25.7 Å². The van der Waals surface area contributed by atoms with Gasteiger partial charge in [0, 0.05) is 19.5 Å². The van der Waals surface area contributed by atoms with E-state index in [0.29, 0.717) is 25.9 Å². The van der Waals surface area contributed by atoms with Gasteiger partial charge in [-0.1, -0.05) is 24.3 Å². The summed E-state index contributed by atoms with van der Waals surface area (Å²) in [6, 6.07) is 8.01. The van der Waals surface area contributed by atoms with E-state index in [0.717, 1.165) is 0 Å². The Hall–Kier alpha value is -1.40. The average molecular weight is 297 g/mol. The molecule has 0 amide bonds. The van der Waals surface area contributed by atoms with Crippen molar-refractivity contribution >= 4 is 16.0 Å². The van der Waals surface area contributed by atoms with E-state index < -0.39 is 16.0 Å². The van der Waals surface area contributed by atoms with Gasteiger partial charge in [0.25, 0.3) is 0 Å². The molecule has 0 fully saturated rings. The summed E-state index contributed by atoms with van der Waals surface area (Å²) in [5.74, 6) is -1.04. The van der Waals surface area contributed by atoms with E-state index in [-0.39, 0.29) is 18.6 Å². The molecule has 0 unspecified atom stereocenters. The number of carboxylic acid groups (broad SMARTS) is 1. The number of aliphatic carboxylic acids is 1. The fraction of sp³-hybridized carbons (Fsp3) is 0.500. The predicted octanol–water partition coefficient (Wildman–Crippen LogP) is 1.28. The molecular weight excluding hydrogens is 278 g/mol. The molecule has 0 radical (unpaired) electrons. The Balaban J connectivity index is 1.99. The number of carboxylic acids is 1. The van der Waals surface area contributed by atoms with E-state index >= 15 is 0 Å². The van der Waals surface area contributed by atoms with Gasteiger partial charge < -0.3 is 5.11 Å². The minimum Gasteiger partial charge on any atom is -0.481 e. The molecule has 1 aliphatic rings. The molecule has 1 aromatic rings. The van der Waals surface area contributed by atoms with Crippen LogP contribution in [-0.2, 0) is 27.7 Å². The summed E-state index contributed by atoms with van der Waals surface area (Å²) in [4.78, 5) is 10.5. The van der Waals surface area contributed by atoms with Crippen LogP contribution >= 0.6 is 0 Å². The van der Waals surface area contributed by atoms with Crippen LogP contribution in [0.1, 0.15) is 24.0 Å². The second-order valence-corrected chi connectivity index (χ2v) is 7.07. The molecule has 1 aromatic carbocycles. The molecule has 6 heteroatoms. The number of sulfonamides is 1. The van der Waals surface area contributed by atoms with Gasteiger partial charge in [-0.3, -0.25) is 4.79 Å². The van der Waals surface area contributed by atoms with E-state index in [2.05, 4.69) is 0 Å². The Bertz CT molecular complexity index is 556. The highest BCUT2D eigenvalue weighted by Gasteiger charge is 2.24. The largest absolute Gasteiger partial charge is 0.481 e. The van der Waals surface area contributed by atoms with E-state index in [4.69, 9.17) is 5.11 Å². The van der Waals surface area contributed by atoms with Crippen LogP contribution in [0.4, 0.5) is 0 Å². The van der Waals surface area contributed by atoms with Gasteiger partial charge >= 0.3 is 5.97 Å². The smallest absolute Gasteiger partial charge is 0.303 e. The SMILES string of the molecule is O=C(O)CCCS(=O)(=O)N1CCc2ccccc2CC1. The van der Waals surface area contributed by atoms with Gasteiger partial charge in [-0.15, -0.1) is 0 Å². The predicted molar refractivity (Wildman–Crippen MR) is 76.1 cm³/mol. The molecule has 110 valence electrons. The minimum atomic E-state index is -3.35. The molecular formula is C14H19NO4S. The third kappa shape index (κ3) is 3.80. The third-order valence-corrected chi connectivity index (χ3v) is 5.52. The van der Waals surface area contributed by atoms with Gasteiger partial charge in [0.15, 0.2) is 0 Å². The Labute approximate surface area is 119 Å². The fourth-order valence-electron chi connectivity index (χ4n) is 2.46. The van der Waals surface area contributed by atoms with E-state index in [1.165, 1.54) is 15.4 Å². The maximum absolute atomic E-state index is 12.2.